The number of hydrogen-bond donors (Lipinski definition) is 2. The van der Waals surface area contributed by atoms with Crippen molar-refractivity contribution < 1.29 is 41.6 Å². The van der Waals surface area contributed by atoms with E-state index in [1.807, 2.05) is 0 Å². The van der Waals surface area contributed by atoms with Gasteiger partial charge in [-0.2, -0.15) is 23.1 Å². The van der Waals surface area contributed by atoms with Gasteiger partial charge in [0.25, 0.3) is 0 Å². The molecule has 0 amide bonds. The number of benzene rings is 2. The lowest BCUT2D eigenvalue weighted by atomic mass is 9.92. The third-order valence-electron chi connectivity index (χ3n) is 6.84. The Bertz CT molecular complexity index is 1710. The van der Waals surface area contributed by atoms with Crippen molar-refractivity contribution in [2.24, 2.45) is 0 Å². The minimum Gasteiger partial charge on any atom is -0.508 e. The molecule has 1 saturated heterocycles. The van der Waals surface area contributed by atoms with Crippen LogP contribution in [0, 0.1) is 24.0 Å². The van der Waals surface area contributed by atoms with Crippen LogP contribution in [0.4, 0.5) is 27.8 Å². The second-order valence-electron chi connectivity index (χ2n) is 9.25. The van der Waals surface area contributed by atoms with E-state index in [0.29, 0.717) is 5.39 Å². The largest absolute Gasteiger partial charge is 0.508 e. The maximum absolute atomic E-state index is 16.3. The van der Waals surface area contributed by atoms with E-state index in [1.54, 1.807) is 0 Å². The van der Waals surface area contributed by atoms with Crippen LogP contribution in [0.5, 0.6) is 17.6 Å². The molecule has 0 radical (unpaired) electrons. The Hall–Kier alpha value is -4.44. The van der Waals surface area contributed by atoms with Crippen molar-refractivity contribution in [3.8, 4) is 41.2 Å². The normalized spacial score (nSPS) is 17.7. The number of hydrogen-bond acceptors (Lipinski definition) is 8. The van der Waals surface area contributed by atoms with Crippen molar-refractivity contribution in [2.75, 3.05) is 32.2 Å². The molecule has 40 heavy (non-hydrogen) atoms. The zero-order valence-electron chi connectivity index (χ0n) is 21.1. The van der Waals surface area contributed by atoms with E-state index < -0.39 is 47.6 Å². The van der Waals surface area contributed by atoms with E-state index in [-0.39, 0.29) is 58.3 Å². The second-order valence-corrected chi connectivity index (χ2v) is 9.25. The van der Waals surface area contributed by atoms with Gasteiger partial charge in [-0.3, -0.25) is 0 Å². The van der Waals surface area contributed by atoms with Gasteiger partial charge < -0.3 is 24.6 Å². The fourth-order valence-electron chi connectivity index (χ4n) is 4.95. The molecule has 3 heterocycles. The Morgan fingerprint density at radius 2 is 1.82 bits per heavy atom. The van der Waals surface area contributed by atoms with Gasteiger partial charge in [-0.1, -0.05) is 12.0 Å². The maximum atomic E-state index is 16.3. The predicted octanol–water partition coefficient (Wildman–Crippen LogP) is 4.72. The number of aliphatic hydroxyl groups is 1. The van der Waals surface area contributed by atoms with E-state index in [2.05, 4.69) is 20.9 Å². The number of β-amino-alcohol motifs (C(OH)–C–C–N with tert-alkyl or cyclic N) is 1. The Labute approximate surface area is 224 Å². The molecule has 1 aliphatic rings. The summed E-state index contributed by atoms with van der Waals surface area (Å²) < 4.78 is 82.5. The molecule has 2 aromatic heterocycles. The molecule has 1 aliphatic heterocycles. The van der Waals surface area contributed by atoms with Crippen LogP contribution >= 0.6 is 0 Å². The number of halogens is 5. The van der Waals surface area contributed by atoms with E-state index >= 15 is 4.39 Å². The first-order valence-corrected chi connectivity index (χ1v) is 11.9. The number of aromatic nitrogens is 3. The molecule has 1 atom stereocenters. The van der Waals surface area contributed by atoms with Crippen molar-refractivity contribution >= 4 is 27.5 Å². The summed E-state index contributed by atoms with van der Waals surface area (Å²) in [5.74, 6) is -0.376. The van der Waals surface area contributed by atoms with Gasteiger partial charge in [-0.05, 0) is 36.4 Å². The summed E-state index contributed by atoms with van der Waals surface area (Å²) in [5.41, 5.74) is -4.17. The number of aromatic hydroxyl groups is 1. The van der Waals surface area contributed by atoms with E-state index in [0.717, 1.165) is 17.0 Å². The smallest absolute Gasteiger partial charge is 0.418 e. The quantitative estimate of drug-likeness (QED) is 0.273. The number of nitrogens with zero attached hydrogens (tertiary/aromatic N) is 4. The summed E-state index contributed by atoms with van der Waals surface area (Å²) in [7, 11) is 2.39. The number of rotatable bonds is 4. The van der Waals surface area contributed by atoms with Crippen LogP contribution in [0.15, 0.2) is 24.3 Å². The summed E-state index contributed by atoms with van der Waals surface area (Å²) >= 11 is 0. The third kappa shape index (κ3) is 4.24. The molecule has 0 aliphatic carbocycles. The molecule has 0 spiro atoms. The first-order valence-electron chi connectivity index (χ1n) is 11.9. The van der Waals surface area contributed by atoms with E-state index in [1.165, 1.54) is 26.4 Å². The van der Waals surface area contributed by atoms with E-state index in [9.17, 15) is 27.8 Å². The van der Waals surface area contributed by atoms with Gasteiger partial charge in [0.05, 0.1) is 26.3 Å². The molecule has 5 rings (SSSR count). The van der Waals surface area contributed by atoms with Crippen LogP contribution in [0.3, 0.4) is 0 Å². The fraction of sp³-hybridized carbons (Fsp3) is 0.296. The van der Waals surface area contributed by atoms with Crippen LogP contribution in [0.25, 0.3) is 32.9 Å². The SMILES string of the molecule is C#Cc1c(F)ccc2cc(O)cc(-c3nc(OC)c4c(N5CCCC(O)(C(F)(F)F)C5)nc(OC)nc4c3F)c12. The maximum Gasteiger partial charge on any atom is 0.418 e. The number of fused-ring (bicyclic) bond motifs is 2. The standard InChI is InChI=1S/C27H21F5N4O4/c1-4-15-17(28)7-6-13-10-14(37)11-16(18(13)15)21-20(29)22-19(24(33-21)39-2)23(35-25(34-22)40-3)36-9-5-8-26(38,12-36)27(30,31)32/h1,6-7,10-11,37-38H,5,8-9,12H2,2-3H3. The number of methoxy groups -OCH3 is 2. The van der Waals surface area contributed by atoms with Crippen molar-refractivity contribution in [2.45, 2.75) is 24.6 Å². The van der Waals surface area contributed by atoms with Crippen LogP contribution in [-0.4, -0.2) is 64.3 Å². The van der Waals surface area contributed by atoms with Gasteiger partial charge in [0, 0.05) is 17.5 Å². The molecule has 208 valence electrons. The van der Waals surface area contributed by atoms with Gasteiger partial charge >= 0.3 is 12.2 Å². The number of anilines is 1. The molecule has 1 unspecified atom stereocenters. The summed E-state index contributed by atoms with van der Waals surface area (Å²) in [6.45, 7) is -0.845. The number of phenols is 1. The summed E-state index contributed by atoms with van der Waals surface area (Å²) in [5, 5.41) is 20.9. The van der Waals surface area contributed by atoms with Crippen LogP contribution < -0.4 is 14.4 Å². The number of terminal acetylenes is 1. The summed E-state index contributed by atoms with van der Waals surface area (Å²) in [6.07, 6.45) is 0.0400. The number of pyridine rings is 1. The predicted molar refractivity (Wildman–Crippen MR) is 135 cm³/mol. The molecule has 2 aromatic carbocycles. The molecule has 0 bridgehead atoms. The highest BCUT2D eigenvalue weighted by Gasteiger charge is 2.55. The zero-order valence-corrected chi connectivity index (χ0v) is 21.1. The molecular weight excluding hydrogens is 539 g/mol. The van der Waals surface area contributed by atoms with Gasteiger partial charge in [0.1, 0.15) is 34.0 Å². The van der Waals surface area contributed by atoms with Crippen molar-refractivity contribution in [1.82, 2.24) is 15.0 Å². The van der Waals surface area contributed by atoms with Gasteiger partial charge in [-0.25, -0.2) is 13.8 Å². The highest BCUT2D eigenvalue weighted by molar-refractivity contribution is 6.04. The van der Waals surface area contributed by atoms with Crippen LogP contribution in [-0.2, 0) is 0 Å². The van der Waals surface area contributed by atoms with Gasteiger partial charge in [0.15, 0.2) is 11.4 Å². The monoisotopic (exact) mass is 560 g/mol. The fourth-order valence-corrected chi connectivity index (χ4v) is 4.95. The molecule has 8 nitrogen and oxygen atoms in total. The lowest BCUT2D eigenvalue weighted by molar-refractivity contribution is -0.261. The number of alkyl halides is 3. The molecular formula is C27H21F5N4O4. The lowest BCUT2D eigenvalue weighted by Crippen LogP contribution is -2.57. The first-order chi connectivity index (χ1) is 18.9. The Morgan fingerprint density at radius 1 is 1.07 bits per heavy atom. The molecule has 4 aromatic rings. The topological polar surface area (TPSA) is 101 Å². The minimum absolute atomic E-state index is 0.0438. The highest BCUT2D eigenvalue weighted by Crippen LogP contribution is 2.44. The van der Waals surface area contributed by atoms with Crippen molar-refractivity contribution in [3.05, 3.63) is 41.5 Å². The number of piperidine rings is 1. The minimum atomic E-state index is -4.93. The Kier molecular flexibility index (Phi) is 6.54. The van der Waals surface area contributed by atoms with Gasteiger partial charge in [0.2, 0.25) is 5.88 Å². The number of ether oxygens (including phenoxy) is 2. The zero-order chi connectivity index (χ0) is 29.0. The summed E-state index contributed by atoms with van der Waals surface area (Å²) in [4.78, 5) is 13.6. The highest BCUT2D eigenvalue weighted by atomic mass is 19.4. The Morgan fingerprint density at radius 3 is 2.48 bits per heavy atom. The molecule has 0 saturated carbocycles. The third-order valence-corrected chi connectivity index (χ3v) is 6.84. The second kappa shape index (κ2) is 9.63. The lowest BCUT2D eigenvalue weighted by Gasteiger charge is -2.40. The Balaban J connectivity index is 1.82. The molecule has 13 heteroatoms. The average Bonchev–Trinajstić information content (AvgIpc) is 2.92. The molecule has 2 N–H and O–H groups in total. The van der Waals surface area contributed by atoms with Gasteiger partial charge in [-0.15, -0.1) is 6.42 Å². The molecule has 1 fully saturated rings. The van der Waals surface area contributed by atoms with Crippen molar-refractivity contribution in [3.63, 3.8) is 0 Å². The summed E-state index contributed by atoms with van der Waals surface area (Å²) in [6, 6.07) is 4.55. The van der Waals surface area contributed by atoms with E-state index in [4.69, 9.17) is 15.9 Å². The average molecular weight is 560 g/mol. The number of phenolic OH excluding ortho intramolecular Hbond substituents is 1. The van der Waals surface area contributed by atoms with Crippen molar-refractivity contribution in [1.29, 1.82) is 0 Å². The first kappa shape index (κ1) is 27.1. The van der Waals surface area contributed by atoms with Crippen LogP contribution in [0.1, 0.15) is 18.4 Å². The van der Waals surface area contributed by atoms with Crippen LogP contribution in [0.2, 0.25) is 0 Å².